The highest BCUT2D eigenvalue weighted by Crippen LogP contribution is 2.28. The number of hydrogen-bond donors (Lipinski definition) is 0. The lowest BCUT2D eigenvalue weighted by Crippen LogP contribution is -2.48. The number of benzene rings is 1. The lowest BCUT2D eigenvalue weighted by molar-refractivity contribution is -0.145. The quantitative estimate of drug-likeness (QED) is 0.538. The number of thiophene rings is 1. The van der Waals surface area contributed by atoms with Crippen LogP contribution < -0.4 is 0 Å². The molecule has 30 heavy (non-hydrogen) atoms. The van der Waals surface area contributed by atoms with Crippen molar-refractivity contribution < 1.29 is 9.59 Å². The van der Waals surface area contributed by atoms with Crippen molar-refractivity contribution in [1.82, 2.24) is 9.80 Å². The number of amides is 2. The molecule has 3 rings (SSSR count). The van der Waals surface area contributed by atoms with Gasteiger partial charge in [-0.15, -0.1) is 11.3 Å². The second-order valence-corrected chi connectivity index (χ2v) is 9.47. The first-order valence-electron chi connectivity index (χ1n) is 11.1. The number of aryl methyl sites for hydroxylation is 1. The van der Waals surface area contributed by atoms with E-state index in [2.05, 4.69) is 44.4 Å². The Kier molecular flexibility index (Phi) is 8.08. The first-order chi connectivity index (χ1) is 14.5. The van der Waals surface area contributed by atoms with Crippen LogP contribution in [-0.4, -0.2) is 34.2 Å². The Morgan fingerprint density at radius 1 is 1.10 bits per heavy atom. The first-order valence-corrected chi connectivity index (χ1v) is 12.0. The zero-order chi connectivity index (χ0) is 21.5. The van der Waals surface area contributed by atoms with Crippen molar-refractivity contribution in [2.45, 2.75) is 72.0 Å². The fraction of sp³-hybridized carbons (Fsp3) is 0.520. The smallest absolute Gasteiger partial charge is 0.242 e. The molecule has 1 aliphatic carbocycles. The monoisotopic (exact) mass is 426 g/mol. The summed E-state index contributed by atoms with van der Waals surface area (Å²) in [7, 11) is 0. The zero-order valence-electron chi connectivity index (χ0n) is 18.5. The van der Waals surface area contributed by atoms with Gasteiger partial charge < -0.3 is 9.80 Å². The minimum absolute atomic E-state index is 0.0262. The van der Waals surface area contributed by atoms with Gasteiger partial charge in [-0.1, -0.05) is 50.1 Å². The van der Waals surface area contributed by atoms with Crippen LogP contribution in [0, 0.1) is 12.8 Å². The maximum absolute atomic E-state index is 13.5. The SMILES string of the molecule is CC[C@@H](C)N(CC(=O)N(Cc1ccccc1)Cc1sccc1C)C(=O)C1CCCC1. The van der Waals surface area contributed by atoms with E-state index < -0.39 is 0 Å². The zero-order valence-corrected chi connectivity index (χ0v) is 19.3. The molecule has 1 atom stereocenters. The summed E-state index contributed by atoms with van der Waals surface area (Å²) in [6.07, 6.45) is 5.02. The van der Waals surface area contributed by atoms with Gasteiger partial charge >= 0.3 is 0 Å². The molecule has 162 valence electrons. The molecule has 0 spiro atoms. The highest BCUT2D eigenvalue weighted by molar-refractivity contribution is 7.10. The number of rotatable bonds is 9. The van der Waals surface area contributed by atoms with Gasteiger partial charge in [0, 0.05) is 23.4 Å². The second kappa shape index (κ2) is 10.8. The van der Waals surface area contributed by atoms with Gasteiger partial charge in [0.15, 0.2) is 0 Å². The minimum Gasteiger partial charge on any atom is -0.332 e. The van der Waals surface area contributed by atoms with Gasteiger partial charge in [-0.3, -0.25) is 9.59 Å². The Morgan fingerprint density at radius 2 is 1.80 bits per heavy atom. The molecule has 2 amide bonds. The molecule has 1 aliphatic rings. The van der Waals surface area contributed by atoms with Crippen molar-refractivity contribution in [2.24, 2.45) is 5.92 Å². The van der Waals surface area contributed by atoms with E-state index >= 15 is 0 Å². The Labute approximate surface area is 184 Å². The normalized spacial score (nSPS) is 15.2. The van der Waals surface area contributed by atoms with E-state index in [1.165, 1.54) is 10.4 Å². The molecule has 0 N–H and O–H groups in total. The summed E-state index contributed by atoms with van der Waals surface area (Å²) < 4.78 is 0. The van der Waals surface area contributed by atoms with Gasteiger partial charge in [-0.2, -0.15) is 0 Å². The summed E-state index contributed by atoms with van der Waals surface area (Å²) in [6, 6.07) is 12.3. The highest BCUT2D eigenvalue weighted by atomic mass is 32.1. The van der Waals surface area contributed by atoms with E-state index in [9.17, 15) is 9.59 Å². The third-order valence-corrected chi connectivity index (χ3v) is 7.30. The van der Waals surface area contributed by atoms with Gasteiger partial charge in [0.25, 0.3) is 0 Å². The van der Waals surface area contributed by atoms with Crippen molar-refractivity contribution in [3.8, 4) is 0 Å². The molecule has 0 radical (unpaired) electrons. The van der Waals surface area contributed by atoms with Gasteiger partial charge in [0.1, 0.15) is 6.54 Å². The minimum atomic E-state index is 0.0262. The van der Waals surface area contributed by atoms with Crippen LogP contribution in [-0.2, 0) is 22.7 Å². The third kappa shape index (κ3) is 5.72. The molecule has 1 aromatic carbocycles. The van der Waals surface area contributed by atoms with Crippen molar-refractivity contribution in [1.29, 1.82) is 0 Å². The van der Waals surface area contributed by atoms with Gasteiger partial charge in [0.05, 0.1) is 6.54 Å². The molecule has 4 nitrogen and oxygen atoms in total. The molecule has 0 aliphatic heterocycles. The van der Waals surface area contributed by atoms with Crippen LogP contribution >= 0.6 is 11.3 Å². The van der Waals surface area contributed by atoms with Crippen molar-refractivity contribution >= 4 is 23.2 Å². The Bertz CT molecular complexity index is 827. The molecule has 1 saturated carbocycles. The highest BCUT2D eigenvalue weighted by Gasteiger charge is 2.31. The van der Waals surface area contributed by atoms with Crippen LogP contribution in [0.15, 0.2) is 41.8 Å². The molecule has 1 fully saturated rings. The van der Waals surface area contributed by atoms with Gasteiger partial charge in [-0.25, -0.2) is 0 Å². The Hall–Kier alpha value is -2.14. The van der Waals surface area contributed by atoms with Crippen LogP contribution in [0.3, 0.4) is 0 Å². The summed E-state index contributed by atoms with van der Waals surface area (Å²) in [5, 5.41) is 2.07. The topological polar surface area (TPSA) is 40.6 Å². The summed E-state index contributed by atoms with van der Waals surface area (Å²) in [6.45, 7) is 7.55. The average molecular weight is 427 g/mol. The molecule has 5 heteroatoms. The maximum Gasteiger partial charge on any atom is 0.242 e. The number of hydrogen-bond acceptors (Lipinski definition) is 3. The van der Waals surface area contributed by atoms with Crippen LogP contribution in [0.25, 0.3) is 0 Å². The van der Waals surface area contributed by atoms with Crippen molar-refractivity contribution in [3.63, 3.8) is 0 Å². The molecular weight excluding hydrogens is 392 g/mol. The van der Waals surface area contributed by atoms with Crippen molar-refractivity contribution in [2.75, 3.05) is 6.54 Å². The van der Waals surface area contributed by atoms with E-state index in [0.29, 0.717) is 13.1 Å². The van der Waals surface area contributed by atoms with Gasteiger partial charge in [0.2, 0.25) is 11.8 Å². The van der Waals surface area contributed by atoms with Gasteiger partial charge in [-0.05, 0) is 55.7 Å². The maximum atomic E-state index is 13.5. The molecule has 0 unspecified atom stereocenters. The first kappa shape index (κ1) is 22.5. The molecule has 0 bridgehead atoms. The molecule has 0 saturated heterocycles. The van der Waals surface area contributed by atoms with E-state index in [1.54, 1.807) is 11.3 Å². The lowest BCUT2D eigenvalue weighted by Gasteiger charge is -2.33. The predicted molar refractivity (Wildman–Crippen MR) is 123 cm³/mol. The van der Waals surface area contributed by atoms with Crippen LogP contribution in [0.1, 0.15) is 62.0 Å². The molecular formula is C25H34N2O2S. The second-order valence-electron chi connectivity index (χ2n) is 8.47. The largest absolute Gasteiger partial charge is 0.332 e. The third-order valence-electron chi connectivity index (χ3n) is 6.29. The van der Waals surface area contributed by atoms with Crippen LogP contribution in [0.5, 0.6) is 0 Å². The van der Waals surface area contributed by atoms with E-state index in [0.717, 1.165) is 37.7 Å². The van der Waals surface area contributed by atoms with Crippen LogP contribution in [0.4, 0.5) is 0 Å². The average Bonchev–Trinajstić information content (AvgIpc) is 3.43. The summed E-state index contributed by atoms with van der Waals surface area (Å²) in [5.41, 5.74) is 2.32. The predicted octanol–water partition coefficient (Wildman–Crippen LogP) is 5.40. The van der Waals surface area contributed by atoms with E-state index in [4.69, 9.17) is 0 Å². The lowest BCUT2D eigenvalue weighted by atomic mass is 10.0. The van der Waals surface area contributed by atoms with E-state index in [1.807, 2.05) is 28.0 Å². The van der Waals surface area contributed by atoms with E-state index in [-0.39, 0.29) is 30.3 Å². The molecule has 2 aromatic rings. The van der Waals surface area contributed by atoms with Crippen LogP contribution in [0.2, 0.25) is 0 Å². The Balaban J connectivity index is 1.78. The molecule has 1 heterocycles. The summed E-state index contributed by atoms with van der Waals surface area (Å²) in [5.74, 6) is 0.286. The standard InChI is InChI=1S/C25H34N2O2S/c1-4-20(3)27(25(29)22-12-8-9-13-22)18-24(28)26(16-21-10-6-5-7-11-21)17-23-19(2)14-15-30-23/h5-7,10-11,14-15,20,22H,4,8-9,12-13,16-18H2,1-3H3/t20-/m1/s1. The number of carbonyl (C=O) groups excluding carboxylic acids is 2. The Morgan fingerprint density at radius 3 is 2.40 bits per heavy atom. The number of carbonyl (C=O) groups is 2. The summed E-state index contributed by atoms with van der Waals surface area (Å²) >= 11 is 1.69. The van der Waals surface area contributed by atoms with Crippen molar-refractivity contribution in [3.05, 3.63) is 57.8 Å². The summed E-state index contributed by atoms with van der Waals surface area (Å²) in [4.78, 5) is 31.6. The molecule has 1 aromatic heterocycles. The fourth-order valence-electron chi connectivity index (χ4n) is 4.10. The number of nitrogens with zero attached hydrogens (tertiary/aromatic N) is 2. The fourth-order valence-corrected chi connectivity index (χ4v) is 5.02.